The molecule has 1 fully saturated rings. The summed E-state index contributed by atoms with van der Waals surface area (Å²) in [6.07, 6.45) is 3.24. The maximum absolute atomic E-state index is 12.8. The molecule has 1 aliphatic carbocycles. The lowest BCUT2D eigenvalue weighted by Crippen LogP contribution is -2.51. The standard InChI is InChI=1S/C14H17FN2O/c15-9-7-17(8-9)14(18)12-5-6-13(16)11-4-2-1-3-10(11)12/h5-6,9H,1-4,7-8,16H2. The van der Waals surface area contributed by atoms with Gasteiger partial charge in [-0.3, -0.25) is 4.79 Å². The fourth-order valence-electron chi connectivity index (χ4n) is 2.86. The number of nitrogens with zero attached hydrogens (tertiary/aromatic N) is 1. The van der Waals surface area contributed by atoms with Crippen molar-refractivity contribution in [2.45, 2.75) is 31.9 Å². The predicted octanol–water partition coefficient (Wildman–Crippen LogP) is 1.94. The largest absolute Gasteiger partial charge is 0.398 e. The Bertz CT molecular complexity index is 495. The van der Waals surface area contributed by atoms with Gasteiger partial charge in [-0.15, -0.1) is 0 Å². The molecule has 2 aliphatic rings. The lowest BCUT2D eigenvalue weighted by atomic mass is 9.86. The number of amides is 1. The Morgan fingerprint density at radius 3 is 2.56 bits per heavy atom. The highest BCUT2D eigenvalue weighted by molar-refractivity contribution is 5.97. The van der Waals surface area contributed by atoms with Crippen molar-refractivity contribution in [1.82, 2.24) is 4.90 Å². The van der Waals surface area contributed by atoms with Crippen LogP contribution < -0.4 is 5.73 Å². The van der Waals surface area contributed by atoms with E-state index in [9.17, 15) is 9.18 Å². The van der Waals surface area contributed by atoms with Gasteiger partial charge in [-0.2, -0.15) is 0 Å². The highest BCUT2D eigenvalue weighted by atomic mass is 19.1. The smallest absolute Gasteiger partial charge is 0.254 e. The summed E-state index contributed by atoms with van der Waals surface area (Å²) in [5.74, 6) is -0.0398. The van der Waals surface area contributed by atoms with Gasteiger partial charge in [0.15, 0.2) is 0 Å². The summed E-state index contributed by atoms with van der Waals surface area (Å²) in [6, 6.07) is 3.61. The van der Waals surface area contributed by atoms with E-state index in [-0.39, 0.29) is 19.0 Å². The Balaban J connectivity index is 1.94. The lowest BCUT2D eigenvalue weighted by molar-refractivity contribution is 0.0399. The molecule has 1 aliphatic heterocycles. The molecular weight excluding hydrogens is 231 g/mol. The molecule has 1 aromatic rings. The van der Waals surface area contributed by atoms with Crippen LogP contribution in [0.3, 0.4) is 0 Å². The second-order valence-corrected chi connectivity index (χ2v) is 5.17. The van der Waals surface area contributed by atoms with Crippen molar-refractivity contribution in [1.29, 1.82) is 0 Å². The summed E-state index contributed by atoms with van der Waals surface area (Å²) in [7, 11) is 0. The van der Waals surface area contributed by atoms with E-state index in [4.69, 9.17) is 5.73 Å². The zero-order valence-electron chi connectivity index (χ0n) is 10.3. The van der Waals surface area contributed by atoms with Gasteiger partial charge >= 0.3 is 0 Å². The Labute approximate surface area is 106 Å². The monoisotopic (exact) mass is 248 g/mol. The van der Waals surface area contributed by atoms with Crippen molar-refractivity contribution in [3.63, 3.8) is 0 Å². The molecule has 0 saturated carbocycles. The summed E-state index contributed by atoms with van der Waals surface area (Å²) < 4.78 is 12.8. The van der Waals surface area contributed by atoms with Crippen LogP contribution in [0.1, 0.15) is 34.3 Å². The van der Waals surface area contributed by atoms with Gasteiger partial charge in [-0.25, -0.2) is 4.39 Å². The third-order valence-corrected chi connectivity index (χ3v) is 3.93. The number of nitrogen functional groups attached to an aromatic ring is 1. The number of hydrogen-bond acceptors (Lipinski definition) is 2. The zero-order chi connectivity index (χ0) is 12.7. The lowest BCUT2D eigenvalue weighted by Gasteiger charge is -2.35. The summed E-state index contributed by atoms with van der Waals surface area (Å²) in [5.41, 5.74) is 9.70. The van der Waals surface area contributed by atoms with Crippen LogP contribution in [0.2, 0.25) is 0 Å². The van der Waals surface area contributed by atoms with Crippen LogP contribution in [-0.4, -0.2) is 30.1 Å². The van der Waals surface area contributed by atoms with E-state index < -0.39 is 6.17 Å². The number of fused-ring (bicyclic) bond motifs is 1. The van der Waals surface area contributed by atoms with Crippen LogP contribution in [0.25, 0.3) is 0 Å². The number of hydrogen-bond donors (Lipinski definition) is 1. The van der Waals surface area contributed by atoms with Gasteiger partial charge in [0.05, 0.1) is 13.1 Å². The van der Waals surface area contributed by atoms with E-state index in [0.29, 0.717) is 0 Å². The quantitative estimate of drug-likeness (QED) is 0.772. The Kier molecular flexibility index (Phi) is 2.73. The van der Waals surface area contributed by atoms with Crippen molar-refractivity contribution >= 4 is 11.6 Å². The third-order valence-electron chi connectivity index (χ3n) is 3.93. The van der Waals surface area contributed by atoms with Gasteiger partial charge < -0.3 is 10.6 Å². The Hall–Kier alpha value is -1.58. The molecule has 18 heavy (non-hydrogen) atoms. The number of rotatable bonds is 1. The first kappa shape index (κ1) is 11.5. The highest BCUT2D eigenvalue weighted by Gasteiger charge is 2.32. The summed E-state index contributed by atoms with van der Waals surface area (Å²) >= 11 is 0. The molecule has 0 bridgehead atoms. The first-order chi connectivity index (χ1) is 8.66. The van der Waals surface area contributed by atoms with E-state index >= 15 is 0 Å². The van der Waals surface area contributed by atoms with E-state index in [1.54, 1.807) is 11.0 Å². The molecule has 96 valence electrons. The second kappa shape index (κ2) is 4.26. The maximum Gasteiger partial charge on any atom is 0.254 e. The van der Waals surface area contributed by atoms with E-state index in [1.807, 2.05) is 6.07 Å². The van der Waals surface area contributed by atoms with Crippen molar-refractivity contribution < 1.29 is 9.18 Å². The minimum Gasteiger partial charge on any atom is -0.398 e. The van der Waals surface area contributed by atoms with Crippen LogP contribution in [0, 0.1) is 0 Å². The normalized spacial score (nSPS) is 19.3. The first-order valence-corrected chi connectivity index (χ1v) is 6.50. The third kappa shape index (κ3) is 1.76. The molecular formula is C14H17FN2O. The molecule has 4 heteroatoms. The van der Waals surface area contributed by atoms with Gasteiger partial charge in [-0.05, 0) is 48.9 Å². The fraction of sp³-hybridized carbons (Fsp3) is 0.500. The van der Waals surface area contributed by atoms with E-state index in [1.165, 1.54) is 0 Å². The molecule has 3 nitrogen and oxygen atoms in total. The van der Waals surface area contributed by atoms with Crippen LogP contribution in [0.15, 0.2) is 12.1 Å². The van der Waals surface area contributed by atoms with Crippen molar-refractivity contribution in [3.8, 4) is 0 Å². The average Bonchev–Trinajstić information content (AvgIpc) is 2.35. The minimum atomic E-state index is -0.849. The van der Waals surface area contributed by atoms with Gasteiger partial charge in [0, 0.05) is 11.3 Å². The molecule has 0 aromatic heterocycles. The number of alkyl halides is 1. The fourth-order valence-corrected chi connectivity index (χ4v) is 2.86. The zero-order valence-corrected chi connectivity index (χ0v) is 10.3. The molecule has 0 atom stereocenters. The SMILES string of the molecule is Nc1ccc(C(=O)N2CC(F)C2)c2c1CCCC2. The topological polar surface area (TPSA) is 46.3 Å². The van der Waals surface area contributed by atoms with Crippen molar-refractivity contribution in [2.75, 3.05) is 18.8 Å². The van der Waals surface area contributed by atoms with Gasteiger partial charge in [0.1, 0.15) is 6.17 Å². The van der Waals surface area contributed by atoms with Gasteiger partial charge in [0.2, 0.25) is 0 Å². The molecule has 0 unspecified atom stereocenters. The molecule has 1 heterocycles. The summed E-state index contributed by atoms with van der Waals surface area (Å²) in [6.45, 7) is 0.468. The molecule has 1 amide bonds. The van der Waals surface area contributed by atoms with Crippen LogP contribution in [-0.2, 0) is 12.8 Å². The number of carbonyl (C=O) groups is 1. The Morgan fingerprint density at radius 2 is 1.89 bits per heavy atom. The number of halogens is 1. The van der Waals surface area contributed by atoms with Crippen molar-refractivity contribution in [3.05, 3.63) is 28.8 Å². The van der Waals surface area contributed by atoms with E-state index in [2.05, 4.69) is 0 Å². The minimum absolute atomic E-state index is 0.0398. The first-order valence-electron chi connectivity index (χ1n) is 6.50. The highest BCUT2D eigenvalue weighted by Crippen LogP contribution is 2.30. The van der Waals surface area contributed by atoms with E-state index in [0.717, 1.165) is 48.1 Å². The summed E-state index contributed by atoms with van der Waals surface area (Å²) in [4.78, 5) is 13.8. The molecule has 1 aromatic carbocycles. The molecule has 2 N–H and O–H groups in total. The van der Waals surface area contributed by atoms with Crippen molar-refractivity contribution in [2.24, 2.45) is 0 Å². The van der Waals surface area contributed by atoms with Crippen LogP contribution >= 0.6 is 0 Å². The second-order valence-electron chi connectivity index (χ2n) is 5.17. The van der Waals surface area contributed by atoms with Crippen LogP contribution in [0.5, 0.6) is 0 Å². The molecule has 0 spiro atoms. The molecule has 0 radical (unpaired) electrons. The maximum atomic E-state index is 12.8. The Morgan fingerprint density at radius 1 is 1.22 bits per heavy atom. The number of carbonyl (C=O) groups excluding carboxylic acids is 1. The van der Waals surface area contributed by atoms with Gasteiger partial charge in [0.25, 0.3) is 5.91 Å². The summed E-state index contributed by atoms with van der Waals surface area (Å²) in [5, 5.41) is 0. The van der Waals surface area contributed by atoms with Crippen LogP contribution in [0.4, 0.5) is 10.1 Å². The number of benzene rings is 1. The van der Waals surface area contributed by atoms with Gasteiger partial charge in [-0.1, -0.05) is 0 Å². The predicted molar refractivity (Wildman–Crippen MR) is 68.3 cm³/mol. The molecule has 3 rings (SSSR count). The number of likely N-dealkylation sites (tertiary alicyclic amines) is 1. The number of anilines is 1. The molecule has 1 saturated heterocycles. The average molecular weight is 248 g/mol. The number of nitrogens with two attached hydrogens (primary N) is 1.